The zero-order valence-electron chi connectivity index (χ0n) is 12.2. The predicted octanol–water partition coefficient (Wildman–Crippen LogP) is 3.79. The molecule has 0 aliphatic heterocycles. The summed E-state index contributed by atoms with van der Waals surface area (Å²) in [7, 11) is 0. The standard InChI is InChI=1S/C16H25NO2/c1-4-6-8-13(7-5-2)17-16(19)14-11-12(3)9-10-15(14)18/h9-11,13,18H,4-8H2,1-3H3,(H,17,19). The molecule has 0 aliphatic rings. The van der Waals surface area contributed by atoms with Crippen molar-refractivity contribution < 1.29 is 9.90 Å². The summed E-state index contributed by atoms with van der Waals surface area (Å²) in [4.78, 5) is 12.2. The van der Waals surface area contributed by atoms with Crippen LogP contribution in [0.1, 0.15) is 61.9 Å². The first kappa shape index (κ1) is 15.5. The van der Waals surface area contributed by atoms with Crippen molar-refractivity contribution in [2.75, 3.05) is 0 Å². The van der Waals surface area contributed by atoms with Gasteiger partial charge in [0.25, 0.3) is 5.91 Å². The molecule has 0 bridgehead atoms. The summed E-state index contributed by atoms with van der Waals surface area (Å²) in [6, 6.07) is 5.31. The number of hydrogen-bond acceptors (Lipinski definition) is 2. The van der Waals surface area contributed by atoms with Crippen LogP contribution in [-0.4, -0.2) is 17.1 Å². The minimum atomic E-state index is -0.171. The average molecular weight is 263 g/mol. The van der Waals surface area contributed by atoms with Gasteiger partial charge in [-0.1, -0.05) is 44.7 Å². The van der Waals surface area contributed by atoms with Crippen LogP contribution < -0.4 is 5.32 Å². The topological polar surface area (TPSA) is 49.3 Å². The molecule has 1 aromatic rings. The van der Waals surface area contributed by atoms with E-state index in [0.717, 1.165) is 37.7 Å². The molecule has 0 aliphatic carbocycles. The van der Waals surface area contributed by atoms with Crippen molar-refractivity contribution in [1.29, 1.82) is 0 Å². The first-order valence-electron chi connectivity index (χ1n) is 7.19. The van der Waals surface area contributed by atoms with Crippen LogP contribution in [0.3, 0.4) is 0 Å². The van der Waals surface area contributed by atoms with Gasteiger partial charge in [0.05, 0.1) is 5.56 Å². The SMILES string of the molecule is CCCCC(CCC)NC(=O)c1cc(C)ccc1O. The van der Waals surface area contributed by atoms with E-state index in [4.69, 9.17) is 0 Å². The van der Waals surface area contributed by atoms with Gasteiger partial charge in [0.15, 0.2) is 0 Å². The predicted molar refractivity (Wildman–Crippen MR) is 78.5 cm³/mol. The second kappa shape index (κ2) is 7.82. The van der Waals surface area contributed by atoms with Gasteiger partial charge in [-0.25, -0.2) is 0 Å². The zero-order valence-corrected chi connectivity index (χ0v) is 12.2. The number of amides is 1. The molecule has 0 saturated carbocycles. The molecule has 1 atom stereocenters. The molecule has 0 fully saturated rings. The van der Waals surface area contributed by atoms with Crippen molar-refractivity contribution in [3.63, 3.8) is 0 Å². The third-order valence-electron chi connectivity index (χ3n) is 3.28. The van der Waals surface area contributed by atoms with Gasteiger partial charge in [0.2, 0.25) is 0 Å². The lowest BCUT2D eigenvalue weighted by molar-refractivity contribution is 0.0929. The number of unbranched alkanes of at least 4 members (excludes halogenated alkanes) is 1. The Labute approximate surface area is 116 Å². The first-order chi connectivity index (χ1) is 9.08. The van der Waals surface area contributed by atoms with Crippen LogP contribution in [0.15, 0.2) is 18.2 Å². The van der Waals surface area contributed by atoms with Crippen LogP contribution in [0.25, 0.3) is 0 Å². The molecule has 0 aromatic heterocycles. The second-order valence-corrected chi connectivity index (χ2v) is 5.12. The van der Waals surface area contributed by atoms with E-state index in [1.54, 1.807) is 18.2 Å². The number of phenols is 1. The van der Waals surface area contributed by atoms with Crippen molar-refractivity contribution >= 4 is 5.91 Å². The molecule has 0 spiro atoms. The molecule has 0 saturated heterocycles. The van der Waals surface area contributed by atoms with Crippen LogP contribution in [0.4, 0.5) is 0 Å². The van der Waals surface area contributed by atoms with E-state index in [1.807, 2.05) is 6.92 Å². The number of nitrogens with one attached hydrogen (secondary N) is 1. The van der Waals surface area contributed by atoms with E-state index < -0.39 is 0 Å². The Kier molecular flexibility index (Phi) is 6.40. The summed E-state index contributed by atoms with van der Waals surface area (Å²) in [5, 5.41) is 12.8. The molecule has 2 N–H and O–H groups in total. The van der Waals surface area contributed by atoms with Crippen LogP contribution in [-0.2, 0) is 0 Å². The van der Waals surface area contributed by atoms with Crippen molar-refractivity contribution in [2.45, 2.75) is 58.9 Å². The Hall–Kier alpha value is -1.51. The van der Waals surface area contributed by atoms with E-state index in [2.05, 4.69) is 19.2 Å². The number of phenolic OH excluding ortho intramolecular Hbond substituents is 1. The lowest BCUT2D eigenvalue weighted by Crippen LogP contribution is -2.34. The van der Waals surface area contributed by atoms with Crippen LogP contribution >= 0.6 is 0 Å². The molecule has 1 rings (SSSR count). The van der Waals surface area contributed by atoms with E-state index in [0.29, 0.717) is 5.56 Å². The van der Waals surface area contributed by atoms with E-state index in [9.17, 15) is 9.90 Å². The number of aromatic hydroxyl groups is 1. The van der Waals surface area contributed by atoms with Crippen LogP contribution in [0.2, 0.25) is 0 Å². The Morgan fingerprint density at radius 3 is 2.63 bits per heavy atom. The maximum atomic E-state index is 12.2. The molecular weight excluding hydrogens is 238 g/mol. The average Bonchev–Trinajstić information content (AvgIpc) is 2.39. The number of hydrogen-bond donors (Lipinski definition) is 2. The number of rotatable bonds is 7. The number of aryl methyl sites for hydroxylation is 1. The van der Waals surface area contributed by atoms with Crippen LogP contribution in [0, 0.1) is 6.92 Å². The second-order valence-electron chi connectivity index (χ2n) is 5.12. The lowest BCUT2D eigenvalue weighted by atomic mass is 10.0. The summed E-state index contributed by atoms with van der Waals surface area (Å²) in [5.41, 5.74) is 1.35. The van der Waals surface area contributed by atoms with Crippen molar-refractivity contribution in [3.8, 4) is 5.75 Å². The maximum Gasteiger partial charge on any atom is 0.255 e. The molecular formula is C16H25NO2. The van der Waals surface area contributed by atoms with Crippen molar-refractivity contribution in [1.82, 2.24) is 5.32 Å². The largest absolute Gasteiger partial charge is 0.507 e. The van der Waals surface area contributed by atoms with Crippen molar-refractivity contribution in [2.24, 2.45) is 0 Å². The normalized spacial score (nSPS) is 12.2. The highest BCUT2D eigenvalue weighted by Crippen LogP contribution is 2.19. The monoisotopic (exact) mass is 263 g/mol. The van der Waals surface area contributed by atoms with E-state index in [1.165, 1.54) is 0 Å². The molecule has 1 amide bonds. The fourth-order valence-electron chi connectivity index (χ4n) is 2.18. The molecule has 1 unspecified atom stereocenters. The summed E-state index contributed by atoms with van der Waals surface area (Å²) < 4.78 is 0. The van der Waals surface area contributed by atoms with Gasteiger partial charge in [-0.05, 0) is 31.9 Å². The molecule has 0 heterocycles. The fourth-order valence-corrected chi connectivity index (χ4v) is 2.18. The van der Waals surface area contributed by atoms with Gasteiger partial charge in [-0.15, -0.1) is 0 Å². The van der Waals surface area contributed by atoms with Gasteiger partial charge in [0, 0.05) is 6.04 Å². The fraction of sp³-hybridized carbons (Fsp3) is 0.562. The molecule has 3 heteroatoms. The number of carbonyl (C=O) groups is 1. The highest BCUT2D eigenvalue weighted by molar-refractivity contribution is 5.97. The number of carbonyl (C=O) groups excluding carboxylic acids is 1. The highest BCUT2D eigenvalue weighted by atomic mass is 16.3. The third kappa shape index (κ3) is 4.93. The minimum absolute atomic E-state index is 0.0499. The van der Waals surface area contributed by atoms with Gasteiger partial charge in [-0.2, -0.15) is 0 Å². The first-order valence-corrected chi connectivity index (χ1v) is 7.19. The van der Waals surface area contributed by atoms with Gasteiger partial charge in [0.1, 0.15) is 5.75 Å². The Morgan fingerprint density at radius 1 is 1.26 bits per heavy atom. The quantitative estimate of drug-likeness (QED) is 0.786. The molecule has 3 nitrogen and oxygen atoms in total. The van der Waals surface area contributed by atoms with E-state index in [-0.39, 0.29) is 17.7 Å². The molecule has 19 heavy (non-hydrogen) atoms. The lowest BCUT2D eigenvalue weighted by Gasteiger charge is -2.18. The zero-order chi connectivity index (χ0) is 14.3. The summed E-state index contributed by atoms with van der Waals surface area (Å²) in [5.74, 6) is -0.121. The Bertz CT molecular complexity index is 415. The minimum Gasteiger partial charge on any atom is -0.507 e. The smallest absolute Gasteiger partial charge is 0.255 e. The maximum absolute atomic E-state index is 12.2. The Morgan fingerprint density at radius 2 is 2.00 bits per heavy atom. The molecule has 106 valence electrons. The van der Waals surface area contributed by atoms with E-state index >= 15 is 0 Å². The number of benzene rings is 1. The highest BCUT2D eigenvalue weighted by Gasteiger charge is 2.15. The molecule has 1 aromatic carbocycles. The van der Waals surface area contributed by atoms with Gasteiger partial charge >= 0.3 is 0 Å². The van der Waals surface area contributed by atoms with Crippen molar-refractivity contribution in [3.05, 3.63) is 29.3 Å². The third-order valence-corrected chi connectivity index (χ3v) is 3.28. The van der Waals surface area contributed by atoms with Gasteiger partial charge < -0.3 is 10.4 Å². The summed E-state index contributed by atoms with van der Waals surface area (Å²) in [6.45, 7) is 6.18. The Balaban J connectivity index is 2.72. The summed E-state index contributed by atoms with van der Waals surface area (Å²) >= 11 is 0. The summed E-state index contributed by atoms with van der Waals surface area (Å²) in [6.07, 6.45) is 5.28. The molecule has 0 radical (unpaired) electrons. The van der Waals surface area contributed by atoms with Crippen LogP contribution in [0.5, 0.6) is 5.75 Å². The van der Waals surface area contributed by atoms with Gasteiger partial charge in [-0.3, -0.25) is 4.79 Å².